The minimum absolute atomic E-state index is 0.0584. The quantitative estimate of drug-likeness (QED) is 0.404. The molecule has 10 atom stereocenters. The number of rotatable bonds is 1. The number of carbonyl (C=O) groups excluding carboxylic acids is 1. The fourth-order valence-electron chi connectivity index (χ4n) is 12.0. The topological polar surface area (TPSA) is 40.9 Å². The Morgan fingerprint density at radius 2 is 1.58 bits per heavy atom. The van der Waals surface area contributed by atoms with E-state index in [9.17, 15) is 10.1 Å². The lowest BCUT2D eigenvalue weighted by molar-refractivity contribution is -0.235. The van der Waals surface area contributed by atoms with Crippen molar-refractivity contribution >= 4 is 5.78 Å². The second-order valence-electron chi connectivity index (χ2n) is 15.1. The van der Waals surface area contributed by atoms with Gasteiger partial charge < -0.3 is 0 Å². The molecule has 0 bridgehead atoms. The number of carbonyl (C=O) groups is 1. The van der Waals surface area contributed by atoms with Crippen LogP contribution in [-0.2, 0) is 4.79 Å². The maximum absolute atomic E-state index is 13.2. The molecule has 5 aliphatic carbocycles. The van der Waals surface area contributed by atoms with Crippen molar-refractivity contribution in [3.8, 4) is 6.07 Å². The molecule has 0 aromatic rings. The molecule has 0 heterocycles. The van der Waals surface area contributed by atoms with Crippen LogP contribution in [0, 0.1) is 79.8 Å². The summed E-state index contributed by atoms with van der Waals surface area (Å²) in [5.74, 6) is 4.59. The van der Waals surface area contributed by atoms with Crippen LogP contribution in [0.5, 0.6) is 0 Å². The lowest BCUT2D eigenvalue weighted by Crippen LogP contribution is -2.67. The number of hydrogen-bond acceptors (Lipinski definition) is 2. The van der Waals surface area contributed by atoms with Crippen LogP contribution in [0.1, 0.15) is 113 Å². The van der Waals surface area contributed by atoms with E-state index in [-0.39, 0.29) is 22.2 Å². The Hall–Kier alpha value is -0.840. The fourth-order valence-corrected chi connectivity index (χ4v) is 12.0. The second-order valence-corrected chi connectivity index (χ2v) is 15.1. The van der Waals surface area contributed by atoms with E-state index in [0.29, 0.717) is 52.1 Å². The van der Waals surface area contributed by atoms with Gasteiger partial charge in [-0.25, -0.2) is 0 Å². The maximum Gasteiger partial charge on any atom is 0.141 e. The summed E-state index contributed by atoms with van der Waals surface area (Å²) < 4.78 is 0. The van der Waals surface area contributed by atoms with Crippen molar-refractivity contribution in [3.63, 3.8) is 0 Å². The van der Waals surface area contributed by atoms with Gasteiger partial charge in [0.05, 0.1) is 11.5 Å². The van der Waals surface area contributed by atoms with Gasteiger partial charge in [-0.2, -0.15) is 5.26 Å². The molecular formula is C31H49NO. The molecule has 0 amide bonds. The van der Waals surface area contributed by atoms with Gasteiger partial charge in [0.25, 0.3) is 0 Å². The van der Waals surface area contributed by atoms with Gasteiger partial charge in [0.15, 0.2) is 0 Å². The molecule has 10 unspecified atom stereocenters. The van der Waals surface area contributed by atoms with Crippen molar-refractivity contribution in [1.82, 2.24) is 0 Å². The van der Waals surface area contributed by atoms with Crippen molar-refractivity contribution in [2.45, 2.75) is 113 Å². The van der Waals surface area contributed by atoms with Gasteiger partial charge in [-0.3, -0.25) is 4.79 Å². The molecule has 5 aliphatic rings. The summed E-state index contributed by atoms with van der Waals surface area (Å²) in [6.45, 7) is 19.5. The number of ketones is 1. The van der Waals surface area contributed by atoms with Crippen molar-refractivity contribution in [1.29, 1.82) is 5.26 Å². The Labute approximate surface area is 203 Å². The first-order valence-corrected chi connectivity index (χ1v) is 14.2. The van der Waals surface area contributed by atoms with E-state index in [2.05, 4.69) is 61.5 Å². The summed E-state index contributed by atoms with van der Waals surface area (Å²) in [6, 6.07) is 2.94. The first-order valence-electron chi connectivity index (χ1n) is 14.2. The standard InChI is InChI=1S/C31H49NO/c1-19(2)21-11-14-31(18-32)16-15-29(7)22(25(21)31)9-10-24-28(6)17-20(3)26(33)27(4,5)23(28)12-13-30(24,29)8/h19-25H,9-17H2,1-8H3. The average molecular weight is 452 g/mol. The molecule has 0 radical (unpaired) electrons. The van der Waals surface area contributed by atoms with Crippen LogP contribution in [-0.4, -0.2) is 5.78 Å². The molecule has 0 aliphatic heterocycles. The first kappa shape index (κ1) is 23.9. The highest BCUT2D eigenvalue weighted by atomic mass is 16.1. The predicted molar refractivity (Wildman–Crippen MR) is 134 cm³/mol. The van der Waals surface area contributed by atoms with Gasteiger partial charge in [-0.1, -0.05) is 55.4 Å². The number of hydrogen-bond donors (Lipinski definition) is 0. The molecule has 0 aromatic heterocycles. The first-order chi connectivity index (χ1) is 15.3. The second kappa shape index (κ2) is 7.11. The van der Waals surface area contributed by atoms with E-state index >= 15 is 0 Å². The summed E-state index contributed by atoms with van der Waals surface area (Å²) >= 11 is 0. The molecule has 5 saturated carbocycles. The van der Waals surface area contributed by atoms with E-state index in [1.165, 1.54) is 38.5 Å². The van der Waals surface area contributed by atoms with Gasteiger partial charge in [-0.05, 0) is 110 Å². The molecule has 0 aromatic carbocycles. The van der Waals surface area contributed by atoms with Gasteiger partial charge in [0.1, 0.15) is 5.78 Å². The normalized spacial score (nSPS) is 55.2. The number of nitrogens with zero attached hydrogens (tertiary/aromatic N) is 1. The van der Waals surface area contributed by atoms with Crippen LogP contribution >= 0.6 is 0 Å². The molecule has 5 rings (SSSR count). The van der Waals surface area contributed by atoms with Crippen molar-refractivity contribution in [2.75, 3.05) is 0 Å². The molecule has 0 saturated heterocycles. The zero-order valence-corrected chi connectivity index (χ0v) is 22.8. The van der Waals surface area contributed by atoms with E-state index in [0.717, 1.165) is 19.3 Å². The summed E-state index contributed by atoms with van der Waals surface area (Å²) in [6.07, 6.45) is 10.9. The molecule has 33 heavy (non-hydrogen) atoms. The van der Waals surface area contributed by atoms with Crippen LogP contribution in [0.25, 0.3) is 0 Å². The Morgan fingerprint density at radius 3 is 2.21 bits per heavy atom. The summed E-state index contributed by atoms with van der Waals surface area (Å²) in [7, 11) is 0. The van der Waals surface area contributed by atoms with E-state index in [1.54, 1.807) is 0 Å². The monoisotopic (exact) mass is 451 g/mol. The van der Waals surface area contributed by atoms with E-state index in [4.69, 9.17) is 0 Å². The number of fused-ring (bicyclic) bond motifs is 7. The molecule has 184 valence electrons. The molecule has 2 nitrogen and oxygen atoms in total. The van der Waals surface area contributed by atoms with Gasteiger partial charge in [-0.15, -0.1) is 0 Å². The zero-order valence-electron chi connectivity index (χ0n) is 22.8. The van der Waals surface area contributed by atoms with Crippen LogP contribution < -0.4 is 0 Å². The SMILES string of the molecule is CC1CC2(C)C(CCC3(C)C2CCC2C4C(C(C)C)CCC4(C#N)CCC23C)C(C)(C)C1=O. The van der Waals surface area contributed by atoms with Gasteiger partial charge in [0.2, 0.25) is 0 Å². The smallest absolute Gasteiger partial charge is 0.141 e. The third kappa shape index (κ3) is 2.75. The minimum atomic E-state index is -0.192. The Balaban J connectivity index is 1.57. The van der Waals surface area contributed by atoms with Crippen molar-refractivity contribution < 1.29 is 4.79 Å². The van der Waals surface area contributed by atoms with Crippen molar-refractivity contribution in [3.05, 3.63) is 0 Å². The van der Waals surface area contributed by atoms with Crippen molar-refractivity contribution in [2.24, 2.45) is 68.5 Å². The Morgan fingerprint density at radius 1 is 0.879 bits per heavy atom. The average Bonchev–Trinajstić information content (AvgIpc) is 3.13. The summed E-state index contributed by atoms with van der Waals surface area (Å²) in [5, 5.41) is 10.4. The number of Topliss-reactive ketones (excluding diaryl/α,β-unsaturated/α-hetero) is 1. The van der Waals surface area contributed by atoms with Gasteiger partial charge in [0, 0.05) is 11.3 Å². The van der Waals surface area contributed by atoms with E-state index < -0.39 is 0 Å². The third-order valence-corrected chi connectivity index (χ3v) is 13.5. The summed E-state index contributed by atoms with van der Waals surface area (Å²) in [5.41, 5.74) is 0.651. The molecule has 5 fully saturated rings. The van der Waals surface area contributed by atoms with Crippen LogP contribution in [0.15, 0.2) is 0 Å². The molecule has 0 N–H and O–H groups in total. The highest BCUT2D eigenvalue weighted by Gasteiger charge is 2.71. The van der Waals surface area contributed by atoms with Crippen LogP contribution in [0.3, 0.4) is 0 Å². The lowest BCUT2D eigenvalue weighted by atomic mass is 9.32. The predicted octanol–water partition coefficient (Wildman–Crippen LogP) is 8.06. The maximum atomic E-state index is 13.2. The fraction of sp³-hybridized carbons (Fsp3) is 0.935. The van der Waals surface area contributed by atoms with Gasteiger partial charge >= 0.3 is 0 Å². The summed E-state index contributed by atoms with van der Waals surface area (Å²) in [4.78, 5) is 13.2. The number of nitriles is 1. The largest absolute Gasteiger partial charge is 0.299 e. The zero-order chi connectivity index (χ0) is 24.2. The lowest BCUT2D eigenvalue weighted by Gasteiger charge is -2.72. The minimum Gasteiger partial charge on any atom is -0.299 e. The highest BCUT2D eigenvalue weighted by Crippen LogP contribution is 2.77. The Bertz CT molecular complexity index is 882. The molecule has 0 spiro atoms. The molecular weight excluding hydrogens is 402 g/mol. The van der Waals surface area contributed by atoms with E-state index in [1.807, 2.05) is 0 Å². The molecule has 2 heteroatoms. The third-order valence-electron chi connectivity index (χ3n) is 13.5. The van der Waals surface area contributed by atoms with Crippen LogP contribution in [0.2, 0.25) is 0 Å². The van der Waals surface area contributed by atoms with Crippen LogP contribution in [0.4, 0.5) is 0 Å². The Kier molecular flexibility index (Phi) is 5.14. The highest BCUT2D eigenvalue weighted by molar-refractivity contribution is 5.87.